The third kappa shape index (κ3) is 2.91. The molecule has 0 bridgehead atoms. The fourth-order valence-electron chi connectivity index (χ4n) is 1.44. The van der Waals surface area contributed by atoms with Crippen LogP contribution in [0.1, 0.15) is 10.4 Å². The number of aromatic nitrogens is 2. The van der Waals surface area contributed by atoms with Crippen molar-refractivity contribution >= 4 is 21.6 Å². The Bertz CT molecular complexity index is 662. The van der Waals surface area contributed by atoms with Gasteiger partial charge >= 0.3 is 0 Å². The summed E-state index contributed by atoms with van der Waals surface area (Å²) >= 11 is 0. The number of carbonyl (C=O) groups is 1. The molecule has 0 atom stereocenters. The fraction of sp³-hybridized carbons (Fsp3) is 0.0909. The average molecular weight is 280 g/mol. The van der Waals surface area contributed by atoms with E-state index >= 15 is 0 Å². The van der Waals surface area contributed by atoms with Crippen LogP contribution in [0.3, 0.4) is 0 Å². The van der Waals surface area contributed by atoms with E-state index in [1.807, 2.05) is 0 Å². The summed E-state index contributed by atoms with van der Waals surface area (Å²) in [4.78, 5) is 11.3. The Balaban J connectivity index is 2.19. The van der Waals surface area contributed by atoms with Crippen molar-refractivity contribution in [1.82, 2.24) is 15.5 Å². The first-order valence-corrected chi connectivity index (χ1v) is 6.85. The highest BCUT2D eigenvalue weighted by Crippen LogP contribution is 2.14. The molecule has 100 valence electrons. The number of anilines is 1. The highest BCUT2D eigenvalue weighted by Gasteiger charge is 2.15. The van der Waals surface area contributed by atoms with Crippen molar-refractivity contribution in [2.24, 2.45) is 0 Å². The molecule has 19 heavy (non-hydrogen) atoms. The van der Waals surface area contributed by atoms with Gasteiger partial charge in [0.1, 0.15) is 0 Å². The molecule has 0 spiro atoms. The maximum Gasteiger partial charge on any atom is 0.278 e. The zero-order chi connectivity index (χ0) is 13.9. The van der Waals surface area contributed by atoms with Crippen molar-refractivity contribution in [3.05, 3.63) is 42.1 Å². The summed E-state index contributed by atoms with van der Waals surface area (Å²) in [5.74, 6) is -0.233. The number of aromatic amines is 1. The van der Waals surface area contributed by atoms with E-state index < -0.39 is 10.0 Å². The molecule has 0 saturated carbocycles. The Morgan fingerprint density at radius 2 is 1.89 bits per heavy atom. The van der Waals surface area contributed by atoms with Crippen LogP contribution < -0.4 is 10.0 Å². The zero-order valence-electron chi connectivity index (χ0n) is 10.0. The first kappa shape index (κ1) is 13.1. The van der Waals surface area contributed by atoms with Crippen LogP contribution in [0.4, 0.5) is 5.69 Å². The molecule has 0 saturated heterocycles. The summed E-state index contributed by atoms with van der Waals surface area (Å²) in [7, 11) is -2.15. The van der Waals surface area contributed by atoms with Crippen molar-refractivity contribution in [3.63, 3.8) is 0 Å². The lowest BCUT2D eigenvalue weighted by Crippen LogP contribution is -2.18. The molecule has 7 nitrogen and oxygen atoms in total. The Morgan fingerprint density at radius 3 is 2.42 bits per heavy atom. The third-order valence-electron chi connectivity index (χ3n) is 2.39. The van der Waals surface area contributed by atoms with E-state index in [0.717, 1.165) is 0 Å². The number of nitrogens with one attached hydrogen (secondary N) is 3. The molecule has 1 aromatic heterocycles. The van der Waals surface area contributed by atoms with E-state index in [0.29, 0.717) is 11.3 Å². The molecule has 8 heteroatoms. The molecule has 0 unspecified atom stereocenters. The predicted molar refractivity (Wildman–Crippen MR) is 69.2 cm³/mol. The number of benzene rings is 1. The highest BCUT2D eigenvalue weighted by molar-refractivity contribution is 7.92. The molecule has 0 radical (unpaired) electrons. The van der Waals surface area contributed by atoms with Gasteiger partial charge in [-0.3, -0.25) is 14.6 Å². The second-order valence-electron chi connectivity index (χ2n) is 3.68. The van der Waals surface area contributed by atoms with E-state index in [4.69, 9.17) is 0 Å². The molecule has 1 amide bonds. The Kier molecular flexibility index (Phi) is 3.52. The standard InChI is InChI=1S/C11H12N4O3S/c1-12-11(16)8-2-4-9(5-3-8)15-19(17,18)10-6-7-13-14-10/h2-7,15H,1H3,(H,12,16)(H,13,14). The fourth-order valence-corrected chi connectivity index (χ4v) is 2.41. The van der Waals surface area contributed by atoms with Crippen LogP contribution in [0.25, 0.3) is 0 Å². The second kappa shape index (κ2) is 5.11. The van der Waals surface area contributed by atoms with Crippen molar-refractivity contribution < 1.29 is 13.2 Å². The molecule has 0 aliphatic heterocycles. The summed E-state index contributed by atoms with van der Waals surface area (Å²) < 4.78 is 26.1. The van der Waals surface area contributed by atoms with E-state index in [9.17, 15) is 13.2 Å². The third-order valence-corrected chi connectivity index (χ3v) is 3.70. The minimum atomic E-state index is -3.68. The molecular formula is C11H12N4O3S. The van der Waals surface area contributed by atoms with Gasteiger partial charge in [0, 0.05) is 18.3 Å². The van der Waals surface area contributed by atoms with E-state index in [2.05, 4.69) is 20.2 Å². The maximum absolute atomic E-state index is 11.9. The minimum Gasteiger partial charge on any atom is -0.355 e. The van der Waals surface area contributed by atoms with Gasteiger partial charge in [-0.1, -0.05) is 0 Å². The summed E-state index contributed by atoms with van der Waals surface area (Å²) in [5, 5.41) is 8.41. The average Bonchev–Trinajstić information content (AvgIpc) is 2.93. The molecule has 2 rings (SSSR count). The number of hydrogen-bond donors (Lipinski definition) is 3. The predicted octanol–water partition coefficient (Wildman–Crippen LogP) is 0.570. The molecule has 2 aromatic rings. The van der Waals surface area contributed by atoms with Gasteiger partial charge in [0.15, 0.2) is 5.03 Å². The number of hydrogen-bond acceptors (Lipinski definition) is 4. The number of rotatable bonds is 4. The summed E-state index contributed by atoms with van der Waals surface area (Å²) in [6.45, 7) is 0. The molecule has 0 fully saturated rings. The maximum atomic E-state index is 11.9. The lowest BCUT2D eigenvalue weighted by atomic mass is 10.2. The van der Waals surface area contributed by atoms with Gasteiger partial charge in [0.05, 0.1) is 6.20 Å². The minimum absolute atomic E-state index is 0.0251. The van der Waals surface area contributed by atoms with Crippen LogP contribution in [0.15, 0.2) is 41.6 Å². The van der Waals surface area contributed by atoms with Crippen molar-refractivity contribution in [3.8, 4) is 0 Å². The van der Waals surface area contributed by atoms with Gasteiger partial charge in [-0.25, -0.2) is 0 Å². The number of carbonyl (C=O) groups excluding carboxylic acids is 1. The Hall–Kier alpha value is -2.35. The summed E-state index contributed by atoms with van der Waals surface area (Å²) in [6.07, 6.45) is 1.35. The largest absolute Gasteiger partial charge is 0.355 e. The van der Waals surface area contributed by atoms with Crippen molar-refractivity contribution in [2.45, 2.75) is 5.03 Å². The lowest BCUT2D eigenvalue weighted by molar-refractivity contribution is 0.0963. The van der Waals surface area contributed by atoms with Gasteiger partial charge < -0.3 is 5.32 Å². The molecule has 3 N–H and O–H groups in total. The Labute approximate surface area is 110 Å². The van der Waals surface area contributed by atoms with Gasteiger partial charge in [-0.2, -0.15) is 13.5 Å². The number of H-pyrrole nitrogens is 1. The molecule has 1 aromatic carbocycles. The van der Waals surface area contributed by atoms with E-state index in [1.165, 1.54) is 43.6 Å². The lowest BCUT2D eigenvalue weighted by Gasteiger charge is -2.06. The first-order chi connectivity index (χ1) is 9.03. The van der Waals surface area contributed by atoms with Crippen molar-refractivity contribution in [2.75, 3.05) is 11.8 Å². The van der Waals surface area contributed by atoms with E-state index in [1.54, 1.807) is 0 Å². The van der Waals surface area contributed by atoms with Crippen LogP contribution in [0.2, 0.25) is 0 Å². The number of sulfonamides is 1. The topological polar surface area (TPSA) is 104 Å². The highest BCUT2D eigenvalue weighted by atomic mass is 32.2. The molecule has 1 heterocycles. The van der Waals surface area contributed by atoms with Gasteiger partial charge in [-0.05, 0) is 30.3 Å². The molecule has 0 aliphatic carbocycles. The van der Waals surface area contributed by atoms with Gasteiger partial charge in [-0.15, -0.1) is 0 Å². The SMILES string of the molecule is CNC(=O)c1ccc(NS(=O)(=O)c2ccn[nH]2)cc1. The monoisotopic (exact) mass is 280 g/mol. The number of amides is 1. The smallest absolute Gasteiger partial charge is 0.278 e. The van der Waals surface area contributed by atoms with Crippen LogP contribution in [0, 0.1) is 0 Å². The number of nitrogens with zero attached hydrogens (tertiary/aromatic N) is 1. The summed E-state index contributed by atoms with van der Waals surface area (Å²) in [6, 6.07) is 7.44. The van der Waals surface area contributed by atoms with Gasteiger partial charge in [0.2, 0.25) is 0 Å². The van der Waals surface area contributed by atoms with Gasteiger partial charge in [0.25, 0.3) is 15.9 Å². The van der Waals surface area contributed by atoms with E-state index in [-0.39, 0.29) is 10.9 Å². The molecular weight excluding hydrogens is 268 g/mol. The van der Waals surface area contributed by atoms with Crippen molar-refractivity contribution in [1.29, 1.82) is 0 Å². The quantitative estimate of drug-likeness (QED) is 0.761. The zero-order valence-corrected chi connectivity index (χ0v) is 10.9. The molecule has 0 aliphatic rings. The van der Waals surface area contributed by atoms with Crippen LogP contribution in [-0.2, 0) is 10.0 Å². The van der Waals surface area contributed by atoms with Crippen LogP contribution in [0.5, 0.6) is 0 Å². The van der Waals surface area contributed by atoms with Crippen LogP contribution in [-0.4, -0.2) is 31.6 Å². The Morgan fingerprint density at radius 1 is 1.21 bits per heavy atom. The van der Waals surface area contributed by atoms with Crippen LogP contribution >= 0.6 is 0 Å². The summed E-state index contributed by atoms with van der Waals surface area (Å²) in [5.41, 5.74) is 0.814. The second-order valence-corrected chi connectivity index (χ2v) is 5.33. The first-order valence-electron chi connectivity index (χ1n) is 5.37. The normalized spacial score (nSPS) is 11.0.